The third kappa shape index (κ3) is 4.93. The second-order valence-corrected chi connectivity index (χ2v) is 8.59. The van der Waals surface area contributed by atoms with Crippen LogP contribution in [0.5, 0.6) is 5.75 Å². The van der Waals surface area contributed by atoms with Crippen molar-refractivity contribution in [1.29, 1.82) is 0 Å². The first-order valence-corrected chi connectivity index (χ1v) is 11.4. The number of halogens is 1. The van der Waals surface area contributed by atoms with Crippen molar-refractivity contribution in [1.82, 2.24) is 14.7 Å². The SMILES string of the molecule is CCN1CCN(C2=C(c3ccc(F)cc3)C(=O)N(CCOc3cc(C)cc(C)c3)C2=O)CC1. The average molecular weight is 452 g/mol. The Hall–Kier alpha value is -3.19. The van der Waals surface area contributed by atoms with Crippen molar-refractivity contribution < 1.29 is 18.7 Å². The predicted molar refractivity (Wildman–Crippen MR) is 125 cm³/mol. The summed E-state index contributed by atoms with van der Waals surface area (Å²) in [6.45, 7) is 10.4. The largest absolute Gasteiger partial charge is 0.492 e. The Morgan fingerprint density at radius 1 is 0.909 bits per heavy atom. The summed E-state index contributed by atoms with van der Waals surface area (Å²) < 4.78 is 19.4. The number of piperazine rings is 1. The topological polar surface area (TPSA) is 53.1 Å². The fraction of sp³-hybridized carbons (Fsp3) is 0.385. The molecule has 0 N–H and O–H groups in total. The Labute approximate surface area is 194 Å². The summed E-state index contributed by atoms with van der Waals surface area (Å²) in [4.78, 5) is 32.4. The number of likely N-dealkylation sites (N-methyl/N-ethyl adjacent to an activating group) is 1. The number of nitrogens with zero attached hydrogens (tertiary/aromatic N) is 3. The molecule has 0 radical (unpaired) electrons. The molecule has 1 fully saturated rings. The van der Waals surface area contributed by atoms with Crippen LogP contribution in [-0.2, 0) is 9.59 Å². The molecular formula is C26H30FN3O3. The highest BCUT2D eigenvalue weighted by molar-refractivity contribution is 6.35. The number of aryl methyl sites for hydroxylation is 2. The van der Waals surface area contributed by atoms with Gasteiger partial charge in [0.25, 0.3) is 11.8 Å². The van der Waals surface area contributed by atoms with Crippen LogP contribution in [0.25, 0.3) is 5.57 Å². The smallest absolute Gasteiger partial charge is 0.277 e. The normalized spacial score (nSPS) is 17.3. The number of hydrogen-bond donors (Lipinski definition) is 0. The molecule has 0 spiro atoms. The van der Waals surface area contributed by atoms with Crippen molar-refractivity contribution in [3.63, 3.8) is 0 Å². The van der Waals surface area contributed by atoms with Gasteiger partial charge in [-0.3, -0.25) is 14.5 Å². The van der Waals surface area contributed by atoms with E-state index in [1.165, 1.54) is 17.0 Å². The van der Waals surface area contributed by atoms with E-state index in [4.69, 9.17) is 4.74 Å². The third-order valence-electron chi connectivity index (χ3n) is 6.19. The third-order valence-corrected chi connectivity index (χ3v) is 6.19. The summed E-state index contributed by atoms with van der Waals surface area (Å²) in [5.74, 6) is -0.334. The van der Waals surface area contributed by atoms with E-state index < -0.39 is 0 Å². The molecule has 0 atom stereocenters. The Kier molecular flexibility index (Phi) is 6.79. The molecule has 0 saturated carbocycles. The summed E-state index contributed by atoms with van der Waals surface area (Å²) >= 11 is 0. The number of amides is 2. The lowest BCUT2D eigenvalue weighted by atomic mass is 10.0. The standard InChI is InChI=1S/C26H30FN3O3/c1-4-28-9-11-29(12-10-28)24-23(20-5-7-21(27)8-6-20)25(31)30(26(24)32)13-14-33-22-16-18(2)15-19(3)17-22/h5-8,15-17H,4,9-14H2,1-3H3. The van der Waals surface area contributed by atoms with E-state index in [2.05, 4.69) is 17.9 Å². The zero-order valence-corrected chi connectivity index (χ0v) is 19.4. The number of carbonyl (C=O) groups excluding carboxylic acids is 2. The zero-order chi connectivity index (χ0) is 23.5. The van der Waals surface area contributed by atoms with Gasteiger partial charge in [0.05, 0.1) is 12.1 Å². The molecule has 0 aromatic heterocycles. The first kappa shape index (κ1) is 23.0. The number of ether oxygens (including phenoxy) is 1. The summed E-state index contributed by atoms with van der Waals surface area (Å²) in [6, 6.07) is 11.7. The summed E-state index contributed by atoms with van der Waals surface area (Å²) in [5, 5.41) is 0. The molecule has 7 heteroatoms. The lowest BCUT2D eigenvalue weighted by Gasteiger charge is -2.36. The van der Waals surface area contributed by atoms with E-state index in [1.807, 2.05) is 30.9 Å². The van der Waals surface area contributed by atoms with Crippen molar-refractivity contribution in [2.75, 3.05) is 45.9 Å². The van der Waals surface area contributed by atoms with E-state index in [0.717, 1.165) is 30.8 Å². The molecule has 174 valence electrons. The van der Waals surface area contributed by atoms with Crippen LogP contribution in [0.4, 0.5) is 4.39 Å². The maximum atomic E-state index is 13.5. The van der Waals surface area contributed by atoms with Gasteiger partial charge < -0.3 is 14.5 Å². The number of hydrogen-bond acceptors (Lipinski definition) is 5. The van der Waals surface area contributed by atoms with Crippen molar-refractivity contribution in [3.8, 4) is 5.75 Å². The Bertz CT molecular complexity index is 1050. The van der Waals surface area contributed by atoms with Gasteiger partial charge in [0.1, 0.15) is 23.9 Å². The van der Waals surface area contributed by atoms with Crippen LogP contribution in [0.3, 0.4) is 0 Å². The maximum absolute atomic E-state index is 13.5. The summed E-state index contributed by atoms with van der Waals surface area (Å²) in [5.41, 5.74) is 3.49. The molecule has 0 aliphatic carbocycles. The summed E-state index contributed by atoms with van der Waals surface area (Å²) in [6.07, 6.45) is 0. The molecule has 2 aromatic rings. The minimum atomic E-state index is -0.382. The first-order chi connectivity index (χ1) is 15.9. The van der Waals surface area contributed by atoms with Crippen LogP contribution in [-0.4, -0.2) is 72.4 Å². The molecule has 1 saturated heterocycles. The Morgan fingerprint density at radius 3 is 2.15 bits per heavy atom. The van der Waals surface area contributed by atoms with Crippen LogP contribution in [0.2, 0.25) is 0 Å². The van der Waals surface area contributed by atoms with Crippen LogP contribution >= 0.6 is 0 Å². The molecule has 6 nitrogen and oxygen atoms in total. The summed E-state index contributed by atoms with van der Waals surface area (Å²) in [7, 11) is 0. The van der Waals surface area contributed by atoms with Gasteiger partial charge in [0.15, 0.2) is 0 Å². The van der Waals surface area contributed by atoms with Crippen molar-refractivity contribution >= 4 is 17.4 Å². The van der Waals surface area contributed by atoms with Gasteiger partial charge in [-0.2, -0.15) is 0 Å². The van der Waals surface area contributed by atoms with E-state index in [0.29, 0.717) is 35.7 Å². The Balaban J connectivity index is 1.55. The van der Waals surface area contributed by atoms with Crippen LogP contribution < -0.4 is 4.74 Å². The molecule has 2 aliphatic heterocycles. The predicted octanol–water partition coefficient (Wildman–Crippen LogP) is 3.24. The number of benzene rings is 2. The fourth-order valence-electron chi connectivity index (χ4n) is 4.50. The molecular weight excluding hydrogens is 421 g/mol. The molecule has 2 heterocycles. The van der Waals surface area contributed by atoms with Gasteiger partial charge >= 0.3 is 0 Å². The minimum absolute atomic E-state index is 0.147. The van der Waals surface area contributed by atoms with Crippen LogP contribution in [0, 0.1) is 19.7 Å². The van der Waals surface area contributed by atoms with Crippen molar-refractivity contribution in [2.45, 2.75) is 20.8 Å². The maximum Gasteiger partial charge on any atom is 0.277 e. The van der Waals surface area contributed by atoms with E-state index in [-0.39, 0.29) is 30.8 Å². The van der Waals surface area contributed by atoms with Gasteiger partial charge in [0, 0.05) is 26.2 Å². The molecule has 4 rings (SSSR count). The van der Waals surface area contributed by atoms with Crippen molar-refractivity contribution in [3.05, 3.63) is 70.7 Å². The Morgan fingerprint density at radius 2 is 1.55 bits per heavy atom. The zero-order valence-electron chi connectivity index (χ0n) is 19.4. The van der Waals surface area contributed by atoms with E-state index in [1.54, 1.807) is 12.1 Å². The monoisotopic (exact) mass is 451 g/mol. The lowest BCUT2D eigenvalue weighted by Crippen LogP contribution is -2.47. The minimum Gasteiger partial charge on any atom is -0.492 e. The highest BCUT2D eigenvalue weighted by Gasteiger charge is 2.42. The van der Waals surface area contributed by atoms with Gasteiger partial charge in [-0.1, -0.05) is 25.1 Å². The van der Waals surface area contributed by atoms with Crippen LogP contribution in [0.15, 0.2) is 48.2 Å². The number of imide groups is 1. The molecule has 2 amide bonds. The quantitative estimate of drug-likeness (QED) is 0.605. The van der Waals surface area contributed by atoms with Gasteiger partial charge in [0.2, 0.25) is 0 Å². The van der Waals surface area contributed by atoms with Gasteiger partial charge in [-0.05, 0) is 61.3 Å². The number of rotatable bonds is 7. The first-order valence-electron chi connectivity index (χ1n) is 11.4. The lowest BCUT2D eigenvalue weighted by molar-refractivity contribution is -0.138. The molecule has 2 aliphatic rings. The fourth-order valence-corrected chi connectivity index (χ4v) is 4.50. The molecule has 0 unspecified atom stereocenters. The molecule has 2 aromatic carbocycles. The van der Waals surface area contributed by atoms with E-state index >= 15 is 0 Å². The van der Waals surface area contributed by atoms with Crippen LogP contribution in [0.1, 0.15) is 23.6 Å². The second-order valence-electron chi connectivity index (χ2n) is 8.59. The molecule has 0 bridgehead atoms. The van der Waals surface area contributed by atoms with Gasteiger partial charge in [-0.15, -0.1) is 0 Å². The molecule has 33 heavy (non-hydrogen) atoms. The number of carbonyl (C=O) groups is 2. The highest BCUT2D eigenvalue weighted by Crippen LogP contribution is 2.32. The second kappa shape index (κ2) is 9.75. The highest BCUT2D eigenvalue weighted by atomic mass is 19.1. The van der Waals surface area contributed by atoms with E-state index in [9.17, 15) is 14.0 Å². The van der Waals surface area contributed by atoms with Crippen molar-refractivity contribution in [2.24, 2.45) is 0 Å². The van der Waals surface area contributed by atoms with Gasteiger partial charge in [-0.25, -0.2) is 4.39 Å². The average Bonchev–Trinajstić information content (AvgIpc) is 3.04.